The summed E-state index contributed by atoms with van der Waals surface area (Å²) < 4.78 is 27.5. The molecule has 0 bridgehead atoms. The topological polar surface area (TPSA) is 0 Å². The van der Waals surface area contributed by atoms with Crippen LogP contribution in [0.5, 0.6) is 0 Å². The first-order chi connectivity index (χ1) is 8.77. The van der Waals surface area contributed by atoms with Gasteiger partial charge >= 0.3 is 0 Å². The molecule has 0 amide bonds. The number of fused-ring (bicyclic) bond motifs is 1. The summed E-state index contributed by atoms with van der Waals surface area (Å²) in [6, 6.07) is 16.6. The van der Waals surface area contributed by atoms with Gasteiger partial charge in [-0.1, -0.05) is 48.5 Å². The lowest BCUT2D eigenvalue weighted by Gasteiger charge is -2.08. The maximum absolute atomic E-state index is 13.8. The lowest BCUT2D eigenvalue weighted by Crippen LogP contribution is -1.87. The Hall–Kier alpha value is -2.22. The first kappa shape index (κ1) is 10.9. The monoisotopic (exact) mass is 240 g/mol. The Morgan fingerprint density at radius 2 is 1.17 bits per heavy atom. The van der Waals surface area contributed by atoms with Crippen molar-refractivity contribution in [3.8, 4) is 11.1 Å². The molecule has 18 heavy (non-hydrogen) atoms. The molecule has 0 aliphatic heterocycles. The van der Waals surface area contributed by atoms with Crippen LogP contribution < -0.4 is 0 Å². The standard InChI is InChI=1S/C16H10F2/c17-15-8-4-3-7-14(15)12-9-10-16(18)13-6-2-1-5-11(12)13/h1-10H. The fraction of sp³-hybridized carbons (Fsp3) is 0. The van der Waals surface area contributed by atoms with Crippen LogP contribution in [0, 0.1) is 11.6 Å². The van der Waals surface area contributed by atoms with Crippen molar-refractivity contribution in [3.63, 3.8) is 0 Å². The van der Waals surface area contributed by atoms with Crippen LogP contribution >= 0.6 is 0 Å². The lowest BCUT2D eigenvalue weighted by atomic mass is 9.98. The van der Waals surface area contributed by atoms with Crippen molar-refractivity contribution in [2.75, 3.05) is 0 Å². The number of hydrogen-bond acceptors (Lipinski definition) is 0. The van der Waals surface area contributed by atoms with Crippen molar-refractivity contribution in [1.29, 1.82) is 0 Å². The van der Waals surface area contributed by atoms with Gasteiger partial charge in [0.2, 0.25) is 0 Å². The summed E-state index contributed by atoms with van der Waals surface area (Å²) in [6.45, 7) is 0. The van der Waals surface area contributed by atoms with E-state index in [2.05, 4.69) is 0 Å². The molecule has 0 aliphatic rings. The Bertz CT molecular complexity index is 717. The zero-order valence-electron chi connectivity index (χ0n) is 9.53. The molecule has 0 aromatic heterocycles. The molecule has 0 unspecified atom stereocenters. The minimum absolute atomic E-state index is 0.286. The van der Waals surface area contributed by atoms with Gasteiger partial charge in [0.15, 0.2) is 0 Å². The summed E-state index contributed by atoms with van der Waals surface area (Å²) in [7, 11) is 0. The van der Waals surface area contributed by atoms with Gasteiger partial charge in [-0.15, -0.1) is 0 Å². The van der Waals surface area contributed by atoms with E-state index >= 15 is 0 Å². The molecule has 0 aliphatic carbocycles. The van der Waals surface area contributed by atoms with E-state index in [1.54, 1.807) is 42.5 Å². The molecule has 0 radical (unpaired) electrons. The van der Waals surface area contributed by atoms with Crippen molar-refractivity contribution >= 4 is 10.8 Å². The van der Waals surface area contributed by atoms with E-state index in [1.165, 1.54) is 12.1 Å². The Morgan fingerprint density at radius 1 is 0.500 bits per heavy atom. The third-order valence-corrected chi connectivity index (χ3v) is 3.03. The number of benzene rings is 3. The van der Waals surface area contributed by atoms with E-state index in [4.69, 9.17) is 0 Å². The zero-order valence-corrected chi connectivity index (χ0v) is 9.53. The predicted octanol–water partition coefficient (Wildman–Crippen LogP) is 4.79. The summed E-state index contributed by atoms with van der Waals surface area (Å²) in [5.41, 5.74) is 1.21. The highest BCUT2D eigenvalue weighted by Gasteiger charge is 2.10. The van der Waals surface area contributed by atoms with Crippen LogP contribution in [0.15, 0.2) is 60.7 Å². The summed E-state index contributed by atoms with van der Waals surface area (Å²) >= 11 is 0. The van der Waals surface area contributed by atoms with Crippen LogP contribution in [0.4, 0.5) is 8.78 Å². The van der Waals surface area contributed by atoms with Crippen molar-refractivity contribution < 1.29 is 8.78 Å². The molecule has 0 N–H and O–H groups in total. The molecule has 3 aromatic rings. The second-order valence-corrected chi connectivity index (χ2v) is 4.12. The number of halogens is 2. The highest BCUT2D eigenvalue weighted by molar-refractivity contribution is 5.97. The minimum atomic E-state index is -0.297. The van der Waals surface area contributed by atoms with Crippen LogP contribution in [0.3, 0.4) is 0 Å². The molecule has 0 atom stereocenters. The Morgan fingerprint density at radius 3 is 1.94 bits per heavy atom. The SMILES string of the molecule is Fc1ccccc1-c1ccc(F)c2ccccc12. The highest BCUT2D eigenvalue weighted by Crippen LogP contribution is 2.31. The third-order valence-electron chi connectivity index (χ3n) is 3.03. The summed E-state index contributed by atoms with van der Waals surface area (Å²) in [5, 5.41) is 1.24. The largest absolute Gasteiger partial charge is 0.206 e. The fourth-order valence-electron chi connectivity index (χ4n) is 2.18. The number of rotatable bonds is 1. The molecular formula is C16H10F2. The van der Waals surface area contributed by atoms with Crippen LogP contribution in [0.25, 0.3) is 21.9 Å². The molecule has 0 heterocycles. The maximum Gasteiger partial charge on any atom is 0.131 e. The van der Waals surface area contributed by atoms with Gasteiger partial charge < -0.3 is 0 Å². The Kier molecular flexibility index (Phi) is 2.56. The maximum atomic E-state index is 13.8. The van der Waals surface area contributed by atoms with Crippen LogP contribution in [0.2, 0.25) is 0 Å². The van der Waals surface area contributed by atoms with Gasteiger partial charge in [0.25, 0.3) is 0 Å². The number of hydrogen-bond donors (Lipinski definition) is 0. The summed E-state index contributed by atoms with van der Waals surface area (Å²) in [4.78, 5) is 0. The second-order valence-electron chi connectivity index (χ2n) is 4.12. The van der Waals surface area contributed by atoms with Crippen molar-refractivity contribution in [2.45, 2.75) is 0 Å². The third kappa shape index (κ3) is 1.66. The zero-order chi connectivity index (χ0) is 12.5. The quantitative estimate of drug-likeness (QED) is 0.574. The molecule has 2 heteroatoms. The van der Waals surface area contributed by atoms with Gasteiger partial charge in [-0.25, -0.2) is 8.78 Å². The smallest absolute Gasteiger partial charge is 0.131 e. The van der Waals surface area contributed by atoms with Crippen LogP contribution in [-0.4, -0.2) is 0 Å². The Labute approximate surface area is 104 Å². The average molecular weight is 240 g/mol. The van der Waals surface area contributed by atoms with Gasteiger partial charge in [-0.3, -0.25) is 0 Å². The predicted molar refractivity (Wildman–Crippen MR) is 69.3 cm³/mol. The van der Waals surface area contributed by atoms with E-state index in [0.717, 1.165) is 5.39 Å². The van der Waals surface area contributed by atoms with Gasteiger partial charge in [0.05, 0.1) is 0 Å². The Balaban J connectivity index is 2.38. The molecule has 0 saturated carbocycles. The van der Waals surface area contributed by atoms with Crippen molar-refractivity contribution in [3.05, 3.63) is 72.3 Å². The first-order valence-corrected chi connectivity index (χ1v) is 5.69. The molecule has 88 valence electrons. The van der Waals surface area contributed by atoms with Crippen molar-refractivity contribution in [2.24, 2.45) is 0 Å². The molecule has 0 spiro atoms. The minimum Gasteiger partial charge on any atom is -0.206 e. The van der Waals surface area contributed by atoms with E-state index in [-0.39, 0.29) is 11.6 Å². The van der Waals surface area contributed by atoms with E-state index in [9.17, 15) is 8.78 Å². The van der Waals surface area contributed by atoms with Gasteiger partial charge in [0, 0.05) is 10.9 Å². The normalized spacial score (nSPS) is 10.8. The van der Waals surface area contributed by atoms with Gasteiger partial charge in [0.1, 0.15) is 11.6 Å². The van der Waals surface area contributed by atoms with Gasteiger partial charge in [-0.05, 0) is 23.1 Å². The molecule has 0 nitrogen and oxygen atoms in total. The van der Waals surface area contributed by atoms with Crippen molar-refractivity contribution in [1.82, 2.24) is 0 Å². The summed E-state index contributed by atoms with van der Waals surface area (Å²) in [5.74, 6) is -0.583. The van der Waals surface area contributed by atoms with E-state index in [1.807, 2.05) is 6.07 Å². The molecule has 3 rings (SSSR count). The van der Waals surface area contributed by atoms with E-state index in [0.29, 0.717) is 16.5 Å². The molecule has 0 fully saturated rings. The van der Waals surface area contributed by atoms with Crippen LogP contribution in [-0.2, 0) is 0 Å². The fourth-order valence-corrected chi connectivity index (χ4v) is 2.18. The molecule has 3 aromatic carbocycles. The lowest BCUT2D eigenvalue weighted by molar-refractivity contribution is 0.630. The summed E-state index contributed by atoms with van der Waals surface area (Å²) in [6.07, 6.45) is 0. The first-order valence-electron chi connectivity index (χ1n) is 5.69. The second kappa shape index (κ2) is 4.22. The van der Waals surface area contributed by atoms with Crippen LogP contribution in [0.1, 0.15) is 0 Å². The van der Waals surface area contributed by atoms with Gasteiger partial charge in [-0.2, -0.15) is 0 Å². The highest BCUT2D eigenvalue weighted by atomic mass is 19.1. The van der Waals surface area contributed by atoms with E-state index < -0.39 is 0 Å². The molecule has 0 saturated heterocycles. The molecular weight excluding hydrogens is 230 g/mol. The average Bonchev–Trinajstić information content (AvgIpc) is 2.41.